The molecule has 0 fully saturated rings. The van der Waals surface area contributed by atoms with Crippen molar-refractivity contribution in [3.05, 3.63) is 21.9 Å². The molecule has 1 aromatic heterocycles. The van der Waals surface area contributed by atoms with E-state index in [0.29, 0.717) is 6.42 Å². The Bertz CT molecular complexity index is 487. The van der Waals surface area contributed by atoms with Gasteiger partial charge in [0.25, 0.3) is 0 Å². The molecule has 6 heteroatoms. The summed E-state index contributed by atoms with van der Waals surface area (Å²) in [5, 5.41) is 13.9. The van der Waals surface area contributed by atoms with Crippen molar-refractivity contribution in [2.45, 2.75) is 37.6 Å². The summed E-state index contributed by atoms with van der Waals surface area (Å²) in [5.74, 6) is -0.543. The second-order valence-corrected chi connectivity index (χ2v) is 6.91. The predicted octanol–water partition coefficient (Wildman–Crippen LogP) is 2.49. The number of carbonyl (C=O) groups excluding carboxylic acids is 1. The summed E-state index contributed by atoms with van der Waals surface area (Å²) in [6, 6.07) is 1.22. The normalized spacial score (nSPS) is 19.1. The maximum absolute atomic E-state index is 12.4. The van der Waals surface area contributed by atoms with Crippen LogP contribution in [0.1, 0.15) is 35.6 Å². The molecule has 0 saturated heterocycles. The van der Waals surface area contributed by atoms with Crippen LogP contribution in [0.3, 0.4) is 0 Å². The van der Waals surface area contributed by atoms with Crippen LogP contribution >= 0.6 is 23.1 Å². The number of aryl methyl sites for hydroxylation is 1. The van der Waals surface area contributed by atoms with Gasteiger partial charge in [-0.2, -0.15) is 11.8 Å². The van der Waals surface area contributed by atoms with E-state index in [-0.39, 0.29) is 11.8 Å². The molecule has 2 N–H and O–H groups in total. The number of carbonyl (C=O) groups is 2. The van der Waals surface area contributed by atoms with E-state index < -0.39 is 12.0 Å². The highest BCUT2D eigenvalue weighted by Gasteiger charge is 2.30. The molecule has 0 aliphatic heterocycles. The van der Waals surface area contributed by atoms with Gasteiger partial charge in [-0.1, -0.05) is 0 Å². The lowest BCUT2D eigenvalue weighted by molar-refractivity contribution is -0.142. The molecule has 0 aromatic carbocycles. The Hall–Kier alpha value is -1.01. The number of thiophene rings is 1. The van der Waals surface area contributed by atoms with Crippen LogP contribution in [-0.2, 0) is 16.0 Å². The van der Waals surface area contributed by atoms with E-state index in [1.807, 2.05) is 17.7 Å². The molecule has 2 unspecified atom stereocenters. The van der Waals surface area contributed by atoms with E-state index in [0.717, 1.165) is 30.6 Å². The predicted molar refractivity (Wildman–Crippen MR) is 82.6 cm³/mol. The standard InChI is InChI=1S/C14H19NO3S2/c1-19-7-6-11(14(17)18)15-13(16)10-3-2-4-12-9(10)5-8-20-12/h5,8,10-11H,2-4,6-7H2,1H3,(H,15,16)(H,17,18). The Morgan fingerprint density at radius 3 is 3.10 bits per heavy atom. The Kier molecular flexibility index (Phi) is 5.48. The second-order valence-electron chi connectivity index (χ2n) is 4.92. The molecule has 1 aliphatic rings. The van der Waals surface area contributed by atoms with Gasteiger partial charge in [-0.15, -0.1) is 11.3 Å². The van der Waals surface area contributed by atoms with E-state index >= 15 is 0 Å². The minimum atomic E-state index is -0.950. The third kappa shape index (κ3) is 3.55. The molecule has 0 saturated carbocycles. The van der Waals surface area contributed by atoms with Crippen molar-refractivity contribution in [3.8, 4) is 0 Å². The van der Waals surface area contributed by atoms with Crippen LogP contribution in [0, 0.1) is 0 Å². The van der Waals surface area contributed by atoms with Crippen LogP contribution in [-0.4, -0.2) is 35.0 Å². The molecule has 20 heavy (non-hydrogen) atoms. The van der Waals surface area contributed by atoms with Gasteiger partial charge >= 0.3 is 5.97 Å². The van der Waals surface area contributed by atoms with Gasteiger partial charge in [0.15, 0.2) is 0 Å². The average molecular weight is 313 g/mol. The van der Waals surface area contributed by atoms with Crippen molar-refractivity contribution in [1.82, 2.24) is 5.32 Å². The van der Waals surface area contributed by atoms with E-state index in [9.17, 15) is 14.7 Å². The number of aliphatic carboxylic acids is 1. The van der Waals surface area contributed by atoms with Crippen molar-refractivity contribution in [3.63, 3.8) is 0 Å². The lowest BCUT2D eigenvalue weighted by Gasteiger charge is -2.24. The first-order chi connectivity index (χ1) is 9.63. The van der Waals surface area contributed by atoms with Crippen molar-refractivity contribution in [2.75, 3.05) is 12.0 Å². The zero-order chi connectivity index (χ0) is 14.5. The highest BCUT2D eigenvalue weighted by molar-refractivity contribution is 7.98. The van der Waals surface area contributed by atoms with Gasteiger partial charge in [0.2, 0.25) is 5.91 Å². The van der Waals surface area contributed by atoms with Gasteiger partial charge in [0, 0.05) is 4.88 Å². The second kappa shape index (κ2) is 7.13. The smallest absolute Gasteiger partial charge is 0.326 e. The first-order valence-corrected chi connectivity index (χ1v) is 8.99. The van der Waals surface area contributed by atoms with Crippen molar-refractivity contribution in [1.29, 1.82) is 0 Å². The molecule has 4 nitrogen and oxygen atoms in total. The number of hydrogen-bond donors (Lipinski definition) is 2. The van der Waals surface area contributed by atoms with Gasteiger partial charge in [0.1, 0.15) is 6.04 Å². The number of carboxylic acid groups (broad SMARTS) is 1. The molecule has 2 atom stereocenters. The molecule has 0 bridgehead atoms. The number of fused-ring (bicyclic) bond motifs is 1. The van der Waals surface area contributed by atoms with Crippen LogP contribution in [0.5, 0.6) is 0 Å². The van der Waals surface area contributed by atoms with E-state index in [4.69, 9.17) is 0 Å². The van der Waals surface area contributed by atoms with Gasteiger partial charge in [0.05, 0.1) is 5.92 Å². The number of thioether (sulfide) groups is 1. The van der Waals surface area contributed by atoms with Crippen LogP contribution in [0.4, 0.5) is 0 Å². The number of rotatable bonds is 6. The minimum Gasteiger partial charge on any atom is -0.480 e. The Morgan fingerprint density at radius 1 is 1.60 bits per heavy atom. The summed E-state index contributed by atoms with van der Waals surface area (Å²) in [7, 11) is 0. The summed E-state index contributed by atoms with van der Waals surface area (Å²) in [4.78, 5) is 24.8. The molecule has 1 amide bonds. The van der Waals surface area contributed by atoms with E-state index in [1.54, 1.807) is 23.1 Å². The van der Waals surface area contributed by atoms with Crippen molar-refractivity contribution < 1.29 is 14.7 Å². The first-order valence-electron chi connectivity index (χ1n) is 6.72. The van der Waals surface area contributed by atoms with Gasteiger partial charge < -0.3 is 10.4 Å². The molecule has 2 rings (SSSR count). The maximum Gasteiger partial charge on any atom is 0.326 e. The molecule has 1 aromatic rings. The third-order valence-electron chi connectivity index (χ3n) is 3.59. The average Bonchev–Trinajstić information content (AvgIpc) is 2.90. The third-order valence-corrected chi connectivity index (χ3v) is 5.23. The van der Waals surface area contributed by atoms with E-state index in [2.05, 4.69) is 5.32 Å². The summed E-state index contributed by atoms with van der Waals surface area (Å²) < 4.78 is 0. The largest absolute Gasteiger partial charge is 0.480 e. The highest BCUT2D eigenvalue weighted by Crippen LogP contribution is 2.35. The molecular formula is C14H19NO3S2. The Labute approximate surface area is 127 Å². The van der Waals surface area contributed by atoms with E-state index in [1.165, 1.54) is 4.88 Å². The van der Waals surface area contributed by atoms with Gasteiger partial charge in [-0.3, -0.25) is 4.79 Å². The fourth-order valence-corrected chi connectivity index (χ4v) is 3.98. The summed E-state index contributed by atoms with van der Waals surface area (Å²) in [6.45, 7) is 0. The number of amides is 1. The first kappa shape index (κ1) is 15.4. The Morgan fingerprint density at radius 2 is 2.40 bits per heavy atom. The maximum atomic E-state index is 12.4. The number of hydrogen-bond acceptors (Lipinski definition) is 4. The number of carboxylic acids is 1. The van der Waals surface area contributed by atoms with Crippen molar-refractivity contribution in [2.24, 2.45) is 0 Å². The lowest BCUT2D eigenvalue weighted by atomic mass is 9.87. The van der Waals surface area contributed by atoms with Gasteiger partial charge in [-0.05, 0) is 54.7 Å². The Balaban J connectivity index is 2.03. The van der Waals surface area contributed by atoms with Crippen LogP contribution in [0.2, 0.25) is 0 Å². The van der Waals surface area contributed by atoms with Crippen LogP contribution in [0.25, 0.3) is 0 Å². The molecule has 110 valence electrons. The molecule has 1 aliphatic carbocycles. The highest BCUT2D eigenvalue weighted by atomic mass is 32.2. The van der Waals surface area contributed by atoms with Gasteiger partial charge in [-0.25, -0.2) is 4.79 Å². The SMILES string of the molecule is CSCCC(NC(=O)C1CCCc2sccc21)C(=O)O. The topological polar surface area (TPSA) is 66.4 Å². The fourth-order valence-electron chi connectivity index (χ4n) is 2.52. The minimum absolute atomic E-state index is 0.141. The molecule has 0 radical (unpaired) electrons. The summed E-state index contributed by atoms with van der Waals surface area (Å²) in [6.07, 6.45) is 5.23. The van der Waals surface area contributed by atoms with Crippen molar-refractivity contribution >= 4 is 35.0 Å². The summed E-state index contributed by atoms with van der Waals surface area (Å²) >= 11 is 3.27. The zero-order valence-corrected chi connectivity index (χ0v) is 13.1. The summed E-state index contributed by atoms with van der Waals surface area (Å²) in [5.41, 5.74) is 1.09. The number of nitrogens with one attached hydrogen (secondary N) is 1. The monoisotopic (exact) mass is 313 g/mol. The fraction of sp³-hybridized carbons (Fsp3) is 0.571. The quantitative estimate of drug-likeness (QED) is 0.847. The molecular weight excluding hydrogens is 294 g/mol. The molecule has 0 spiro atoms. The molecule has 1 heterocycles. The lowest BCUT2D eigenvalue weighted by Crippen LogP contribution is -2.43. The van der Waals surface area contributed by atoms with Crippen LogP contribution < -0.4 is 5.32 Å². The zero-order valence-electron chi connectivity index (χ0n) is 11.4. The van der Waals surface area contributed by atoms with Crippen LogP contribution in [0.15, 0.2) is 11.4 Å².